The lowest BCUT2D eigenvalue weighted by molar-refractivity contribution is -0.0593. The van der Waals surface area contributed by atoms with Gasteiger partial charge < -0.3 is 14.6 Å². The highest BCUT2D eigenvalue weighted by atomic mass is 19.1. The second-order valence-electron chi connectivity index (χ2n) is 9.94. The summed E-state index contributed by atoms with van der Waals surface area (Å²) in [5.41, 5.74) is 2.24. The highest BCUT2D eigenvalue weighted by Crippen LogP contribution is 2.32. The fraction of sp³-hybridized carbons (Fsp3) is 0.464. The van der Waals surface area contributed by atoms with Crippen LogP contribution < -0.4 is 4.74 Å². The quantitative estimate of drug-likeness (QED) is 0.369. The molecule has 2 aromatic carbocycles. The minimum absolute atomic E-state index is 0.209. The molecule has 7 heteroatoms. The predicted octanol–water partition coefficient (Wildman–Crippen LogP) is 5.89. The maximum Gasteiger partial charge on any atom is 0.227 e. The molecule has 0 aliphatic rings. The largest absolute Gasteiger partial charge is 0.438 e. The van der Waals surface area contributed by atoms with Crippen molar-refractivity contribution >= 4 is 0 Å². The number of nitrogens with zero attached hydrogens (tertiary/aromatic N) is 3. The molecule has 35 heavy (non-hydrogen) atoms. The molecule has 0 aliphatic heterocycles. The second kappa shape index (κ2) is 11.8. The van der Waals surface area contributed by atoms with E-state index in [1.807, 2.05) is 58.0 Å². The number of aliphatic hydroxyl groups is 1. The Morgan fingerprint density at radius 2 is 1.83 bits per heavy atom. The van der Waals surface area contributed by atoms with Gasteiger partial charge in [-0.2, -0.15) is 5.10 Å². The minimum atomic E-state index is -0.639. The number of hydrogen-bond acceptors (Lipinski definition) is 5. The van der Waals surface area contributed by atoms with E-state index < -0.39 is 6.10 Å². The number of hydrogen-bond donors (Lipinski definition) is 1. The van der Waals surface area contributed by atoms with E-state index in [-0.39, 0.29) is 24.1 Å². The van der Waals surface area contributed by atoms with Crippen LogP contribution in [-0.4, -0.2) is 50.7 Å². The lowest BCUT2D eigenvalue weighted by Crippen LogP contribution is -2.41. The van der Waals surface area contributed by atoms with Crippen LogP contribution in [0.25, 0.3) is 5.69 Å². The van der Waals surface area contributed by atoms with Crippen molar-refractivity contribution in [2.45, 2.75) is 72.3 Å². The molecule has 0 fully saturated rings. The normalized spacial score (nSPS) is 13.7. The average Bonchev–Trinajstić information content (AvgIpc) is 3.11. The summed E-state index contributed by atoms with van der Waals surface area (Å²) in [6.07, 6.45) is 0.277. The van der Waals surface area contributed by atoms with Crippen molar-refractivity contribution in [2.24, 2.45) is 0 Å². The van der Waals surface area contributed by atoms with Gasteiger partial charge in [-0.3, -0.25) is 4.90 Å². The van der Waals surface area contributed by atoms with Gasteiger partial charge in [0.1, 0.15) is 11.6 Å². The fourth-order valence-corrected chi connectivity index (χ4v) is 3.74. The number of rotatable bonds is 11. The van der Waals surface area contributed by atoms with E-state index in [1.54, 1.807) is 16.8 Å². The molecule has 6 nitrogen and oxygen atoms in total. The Bertz CT molecular complexity index is 1080. The van der Waals surface area contributed by atoms with E-state index in [9.17, 15) is 9.50 Å². The van der Waals surface area contributed by atoms with Crippen molar-refractivity contribution in [2.75, 3.05) is 13.2 Å². The number of benzene rings is 2. The van der Waals surface area contributed by atoms with E-state index >= 15 is 0 Å². The zero-order valence-electron chi connectivity index (χ0n) is 21.7. The number of aliphatic hydroxyl groups excluding tert-OH is 1. The molecule has 0 unspecified atom stereocenters. The van der Waals surface area contributed by atoms with Crippen LogP contribution >= 0.6 is 0 Å². The zero-order chi connectivity index (χ0) is 25.6. The van der Waals surface area contributed by atoms with Gasteiger partial charge in [0, 0.05) is 25.2 Å². The summed E-state index contributed by atoms with van der Waals surface area (Å²) in [7, 11) is 0. The summed E-state index contributed by atoms with van der Waals surface area (Å²) >= 11 is 0. The van der Waals surface area contributed by atoms with Crippen molar-refractivity contribution in [1.82, 2.24) is 14.7 Å². The first-order valence-electron chi connectivity index (χ1n) is 12.2. The molecule has 0 amide bonds. The third-order valence-corrected chi connectivity index (χ3v) is 5.88. The van der Waals surface area contributed by atoms with Crippen LogP contribution in [-0.2, 0) is 11.3 Å². The molecule has 3 rings (SSSR count). The highest BCUT2D eigenvalue weighted by molar-refractivity contribution is 5.43. The van der Waals surface area contributed by atoms with Crippen LogP contribution in [0.3, 0.4) is 0 Å². The Morgan fingerprint density at radius 1 is 1.11 bits per heavy atom. The number of para-hydroxylation sites is 1. The maximum absolute atomic E-state index is 13.9. The molecule has 0 saturated carbocycles. The lowest BCUT2D eigenvalue weighted by Gasteiger charge is -2.31. The summed E-state index contributed by atoms with van der Waals surface area (Å²) in [5.74, 6) is 0.569. The molecule has 1 aromatic heterocycles. The molecule has 0 radical (unpaired) electrons. The number of aryl methyl sites for hydroxylation is 1. The zero-order valence-corrected chi connectivity index (χ0v) is 21.7. The van der Waals surface area contributed by atoms with Gasteiger partial charge in [0.15, 0.2) is 0 Å². The molecular weight excluding hydrogens is 445 g/mol. The van der Waals surface area contributed by atoms with Gasteiger partial charge in [-0.1, -0.05) is 31.2 Å². The number of aromatic nitrogens is 2. The van der Waals surface area contributed by atoms with Gasteiger partial charge in [-0.15, -0.1) is 0 Å². The monoisotopic (exact) mass is 483 g/mol. The average molecular weight is 484 g/mol. The van der Waals surface area contributed by atoms with Crippen LogP contribution in [0.1, 0.15) is 52.3 Å². The molecule has 1 N–H and O–H groups in total. The molecule has 190 valence electrons. The first-order chi connectivity index (χ1) is 16.6. The van der Waals surface area contributed by atoms with Gasteiger partial charge in [-0.05, 0) is 65.3 Å². The summed E-state index contributed by atoms with van der Waals surface area (Å²) in [5, 5.41) is 15.5. The van der Waals surface area contributed by atoms with E-state index in [1.165, 1.54) is 12.1 Å². The van der Waals surface area contributed by atoms with Gasteiger partial charge in [0.2, 0.25) is 5.88 Å². The highest BCUT2D eigenvalue weighted by Gasteiger charge is 2.25. The Balaban J connectivity index is 1.95. The maximum atomic E-state index is 13.9. The third-order valence-electron chi connectivity index (χ3n) is 5.88. The number of halogens is 1. The smallest absolute Gasteiger partial charge is 0.227 e. The Labute approximate surface area is 208 Å². The number of ether oxygens (including phenoxy) is 2. The topological polar surface area (TPSA) is 59.8 Å². The molecule has 0 spiro atoms. The van der Waals surface area contributed by atoms with Crippen LogP contribution in [0.4, 0.5) is 4.39 Å². The second-order valence-corrected chi connectivity index (χ2v) is 9.94. The van der Waals surface area contributed by atoms with Crippen molar-refractivity contribution in [3.63, 3.8) is 0 Å². The van der Waals surface area contributed by atoms with Crippen LogP contribution in [0.5, 0.6) is 11.6 Å². The lowest BCUT2D eigenvalue weighted by atomic mass is 10.1. The first kappa shape index (κ1) is 26.9. The fourth-order valence-electron chi connectivity index (χ4n) is 3.74. The predicted molar refractivity (Wildman–Crippen MR) is 137 cm³/mol. The van der Waals surface area contributed by atoms with E-state index in [4.69, 9.17) is 14.6 Å². The van der Waals surface area contributed by atoms with Crippen LogP contribution in [0.2, 0.25) is 0 Å². The summed E-state index contributed by atoms with van der Waals surface area (Å²) < 4.78 is 27.7. The van der Waals surface area contributed by atoms with E-state index in [0.717, 1.165) is 23.4 Å². The van der Waals surface area contributed by atoms with Gasteiger partial charge >= 0.3 is 0 Å². The van der Waals surface area contributed by atoms with Gasteiger partial charge in [0.25, 0.3) is 0 Å². The molecule has 0 aliphatic carbocycles. The van der Waals surface area contributed by atoms with Crippen LogP contribution in [0, 0.1) is 12.7 Å². The van der Waals surface area contributed by atoms with E-state index in [2.05, 4.69) is 18.7 Å². The van der Waals surface area contributed by atoms with E-state index in [0.29, 0.717) is 24.7 Å². The van der Waals surface area contributed by atoms with Crippen molar-refractivity contribution in [1.29, 1.82) is 0 Å². The molecule has 3 aromatic rings. The summed E-state index contributed by atoms with van der Waals surface area (Å²) in [6.45, 7) is 13.4. The van der Waals surface area contributed by atoms with Gasteiger partial charge in [-0.25, -0.2) is 9.07 Å². The third kappa shape index (κ3) is 7.62. The van der Waals surface area contributed by atoms with Gasteiger partial charge in [0.05, 0.1) is 35.3 Å². The van der Waals surface area contributed by atoms with Crippen molar-refractivity contribution in [3.05, 3.63) is 71.7 Å². The first-order valence-corrected chi connectivity index (χ1v) is 12.2. The van der Waals surface area contributed by atoms with Crippen molar-refractivity contribution < 1.29 is 19.0 Å². The minimum Gasteiger partial charge on any atom is -0.438 e. The molecule has 0 saturated heterocycles. The van der Waals surface area contributed by atoms with Crippen LogP contribution in [0.15, 0.2) is 54.6 Å². The Morgan fingerprint density at radius 3 is 2.46 bits per heavy atom. The Kier molecular flexibility index (Phi) is 9.05. The molecular formula is C28H38FN3O3. The Hall–Kier alpha value is -2.74. The molecule has 0 bridgehead atoms. The molecule has 2 atom stereocenters. The standard InChI is InChI=1S/C28H38FN3O3/c1-7-20(2)31(17-24(33)19-34-28(4,5)6)18-26-21(3)30-32(23-13-9-8-10-14-23)27(26)35-25-15-11-12-22(29)16-25/h8-16,20,24,33H,7,17-19H2,1-6H3/t20-,24+/m0/s1. The summed E-state index contributed by atoms with van der Waals surface area (Å²) in [4.78, 5) is 2.22. The summed E-state index contributed by atoms with van der Waals surface area (Å²) in [6, 6.07) is 16.0. The van der Waals surface area contributed by atoms with Crippen molar-refractivity contribution in [3.8, 4) is 17.3 Å². The SMILES string of the molecule is CC[C@H](C)N(Cc1c(C)nn(-c2ccccc2)c1Oc1cccc(F)c1)C[C@@H](O)COC(C)(C)C. The molecule has 1 heterocycles.